The highest BCUT2D eigenvalue weighted by Gasteiger charge is 2.51. The minimum absolute atomic E-state index is 0.0930. The number of aryl methyl sites for hydroxylation is 1. The van der Waals surface area contributed by atoms with Crippen LogP contribution in [-0.4, -0.2) is 32.1 Å². The summed E-state index contributed by atoms with van der Waals surface area (Å²) in [6.07, 6.45) is 0.836. The van der Waals surface area contributed by atoms with Crippen LogP contribution in [0.4, 0.5) is 8.78 Å². The number of halogens is 4. The second-order valence-electron chi connectivity index (χ2n) is 8.90. The topological polar surface area (TPSA) is 70.9 Å². The highest BCUT2D eigenvalue weighted by molar-refractivity contribution is 6.42. The molecule has 0 N–H and O–H groups in total. The molecule has 3 heterocycles. The van der Waals surface area contributed by atoms with Crippen LogP contribution in [0.25, 0.3) is 0 Å². The lowest BCUT2D eigenvalue weighted by atomic mass is 9.97. The maximum atomic E-state index is 16.1. The number of fused-ring (bicyclic) bond motifs is 3. The van der Waals surface area contributed by atoms with Crippen LogP contribution in [0, 0.1) is 11.3 Å². The lowest BCUT2D eigenvalue weighted by Crippen LogP contribution is -2.38. The predicted molar refractivity (Wildman–Crippen MR) is 135 cm³/mol. The van der Waals surface area contributed by atoms with Gasteiger partial charge in [0.05, 0.1) is 44.9 Å². The molecule has 0 fully saturated rings. The van der Waals surface area contributed by atoms with E-state index in [1.807, 2.05) is 6.07 Å². The first kappa shape index (κ1) is 25.1. The summed E-state index contributed by atoms with van der Waals surface area (Å²) < 4.78 is 40.7. The summed E-state index contributed by atoms with van der Waals surface area (Å²) in [4.78, 5) is 13.4. The summed E-state index contributed by atoms with van der Waals surface area (Å²) in [5.41, 5.74) is 1.80. The molecule has 1 aromatic heterocycles. The third-order valence-electron chi connectivity index (χ3n) is 6.61. The number of aromatic nitrogens is 2. The van der Waals surface area contributed by atoms with E-state index in [0.717, 1.165) is 0 Å². The summed E-state index contributed by atoms with van der Waals surface area (Å²) >= 11 is 12.1. The van der Waals surface area contributed by atoms with E-state index < -0.39 is 17.9 Å². The SMILES string of the molecule is C=CC1=[N+](C(=O)c2ccc(Cl)c(Cl)c2)Cc2c(nn3c2C(F)(F)C(Oc2ccc(C#N)cc2)CCC3)C1. The van der Waals surface area contributed by atoms with Gasteiger partial charge in [0.1, 0.15) is 11.4 Å². The van der Waals surface area contributed by atoms with Crippen molar-refractivity contribution in [2.24, 2.45) is 0 Å². The molecule has 0 bridgehead atoms. The second-order valence-corrected chi connectivity index (χ2v) is 9.71. The third kappa shape index (κ3) is 4.54. The zero-order valence-electron chi connectivity index (χ0n) is 19.6. The van der Waals surface area contributed by atoms with Gasteiger partial charge in [-0.25, -0.2) is 4.79 Å². The Bertz CT molecular complexity index is 1490. The van der Waals surface area contributed by atoms with Gasteiger partial charge >= 0.3 is 11.8 Å². The molecule has 0 aliphatic carbocycles. The van der Waals surface area contributed by atoms with Crippen molar-refractivity contribution in [3.63, 3.8) is 0 Å². The summed E-state index contributed by atoms with van der Waals surface area (Å²) in [5, 5.41) is 14.0. The average Bonchev–Trinajstić information content (AvgIpc) is 3.21. The molecule has 1 atom stereocenters. The third-order valence-corrected chi connectivity index (χ3v) is 7.35. The molecule has 2 aromatic carbocycles. The van der Waals surface area contributed by atoms with Crippen molar-refractivity contribution >= 4 is 34.8 Å². The first-order valence-electron chi connectivity index (χ1n) is 11.6. The Labute approximate surface area is 222 Å². The van der Waals surface area contributed by atoms with E-state index >= 15 is 8.78 Å². The minimum Gasteiger partial charge on any atom is -0.484 e. The first-order valence-corrected chi connectivity index (χ1v) is 12.4. The van der Waals surface area contributed by atoms with Gasteiger partial charge < -0.3 is 4.74 Å². The Kier molecular flexibility index (Phi) is 6.61. The number of amides is 1. The number of rotatable bonds is 4. The van der Waals surface area contributed by atoms with Gasteiger partial charge in [-0.15, -0.1) is 0 Å². The number of carbonyl (C=O) groups is 1. The fraction of sp³-hybridized carbons (Fsp3) is 0.259. The van der Waals surface area contributed by atoms with Crippen molar-refractivity contribution in [2.75, 3.05) is 0 Å². The van der Waals surface area contributed by atoms with Crippen LogP contribution in [-0.2, 0) is 25.4 Å². The molecule has 2 aliphatic heterocycles. The van der Waals surface area contributed by atoms with Gasteiger partial charge in [-0.2, -0.15) is 23.7 Å². The maximum absolute atomic E-state index is 16.1. The Morgan fingerprint density at radius 3 is 2.68 bits per heavy atom. The van der Waals surface area contributed by atoms with Crippen molar-refractivity contribution in [3.8, 4) is 11.8 Å². The minimum atomic E-state index is -3.38. The lowest BCUT2D eigenvalue weighted by Gasteiger charge is -2.27. The molecular formula is C27H21Cl2F2N4O2+. The zero-order chi connectivity index (χ0) is 26.3. The highest BCUT2D eigenvalue weighted by Crippen LogP contribution is 2.42. The number of carbonyl (C=O) groups excluding carboxylic acids is 1. The van der Waals surface area contributed by atoms with Crippen molar-refractivity contribution in [1.29, 1.82) is 5.26 Å². The molecule has 0 saturated heterocycles. The Morgan fingerprint density at radius 2 is 2.00 bits per heavy atom. The van der Waals surface area contributed by atoms with Crippen molar-refractivity contribution in [1.82, 2.24) is 9.78 Å². The number of ether oxygens (including phenoxy) is 1. The van der Waals surface area contributed by atoms with Gasteiger partial charge in [0, 0.05) is 6.54 Å². The second kappa shape index (κ2) is 9.73. The van der Waals surface area contributed by atoms with Crippen LogP contribution in [0.5, 0.6) is 5.75 Å². The van der Waals surface area contributed by atoms with Crippen LogP contribution in [0.1, 0.15) is 45.7 Å². The molecule has 2 aliphatic rings. The van der Waals surface area contributed by atoms with Gasteiger partial charge in [-0.05, 0) is 61.4 Å². The number of nitrogens with zero attached hydrogens (tertiary/aromatic N) is 4. The summed E-state index contributed by atoms with van der Waals surface area (Å²) in [7, 11) is 0. The van der Waals surface area contributed by atoms with E-state index in [1.54, 1.807) is 6.07 Å². The Balaban J connectivity index is 1.51. The summed E-state index contributed by atoms with van der Waals surface area (Å²) in [6, 6.07) is 12.6. The molecule has 5 rings (SSSR count). The van der Waals surface area contributed by atoms with E-state index in [4.69, 9.17) is 33.2 Å². The van der Waals surface area contributed by atoms with Gasteiger partial charge in [0.2, 0.25) is 0 Å². The van der Waals surface area contributed by atoms with E-state index in [0.29, 0.717) is 40.5 Å². The van der Waals surface area contributed by atoms with Gasteiger partial charge in [-0.3, -0.25) is 4.68 Å². The predicted octanol–water partition coefficient (Wildman–Crippen LogP) is 5.93. The van der Waals surface area contributed by atoms with Crippen molar-refractivity contribution in [3.05, 3.63) is 93.2 Å². The van der Waals surface area contributed by atoms with Gasteiger partial charge in [0.15, 0.2) is 18.4 Å². The number of alkyl halides is 2. The fourth-order valence-corrected chi connectivity index (χ4v) is 5.05. The number of nitriles is 1. The van der Waals surface area contributed by atoms with Crippen LogP contribution >= 0.6 is 23.2 Å². The molecule has 0 spiro atoms. The maximum Gasteiger partial charge on any atom is 0.419 e. The van der Waals surface area contributed by atoms with Crippen LogP contribution in [0.3, 0.4) is 0 Å². The monoisotopic (exact) mass is 541 g/mol. The highest BCUT2D eigenvalue weighted by atomic mass is 35.5. The molecule has 1 unspecified atom stereocenters. The zero-order valence-corrected chi connectivity index (χ0v) is 21.1. The smallest absolute Gasteiger partial charge is 0.419 e. The first-order chi connectivity index (χ1) is 17.7. The van der Waals surface area contributed by atoms with Crippen LogP contribution in [0.2, 0.25) is 10.0 Å². The van der Waals surface area contributed by atoms with Gasteiger partial charge in [-0.1, -0.05) is 29.8 Å². The van der Waals surface area contributed by atoms with E-state index in [1.165, 1.54) is 51.7 Å². The molecule has 10 heteroatoms. The van der Waals surface area contributed by atoms with Crippen molar-refractivity contribution in [2.45, 2.75) is 44.4 Å². The number of allylic oxidation sites excluding steroid dienone is 1. The van der Waals surface area contributed by atoms with Gasteiger partial charge in [0.25, 0.3) is 0 Å². The molecular weight excluding hydrogens is 521 g/mol. The molecule has 1 amide bonds. The van der Waals surface area contributed by atoms with E-state index in [2.05, 4.69) is 11.7 Å². The molecule has 6 nitrogen and oxygen atoms in total. The quantitative estimate of drug-likeness (QED) is 0.384. The normalized spacial score (nSPS) is 18.3. The molecule has 0 saturated carbocycles. The lowest BCUT2D eigenvalue weighted by molar-refractivity contribution is -0.448. The number of hydrogen-bond acceptors (Lipinski definition) is 4. The largest absolute Gasteiger partial charge is 0.484 e. The average molecular weight is 542 g/mol. The number of benzene rings is 2. The van der Waals surface area contributed by atoms with E-state index in [-0.39, 0.29) is 41.4 Å². The summed E-state index contributed by atoms with van der Waals surface area (Å²) in [6.45, 7) is 4.02. The Hall–Kier alpha value is -3.54. The molecule has 188 valence electrons. The molecule has 0 radical (unpaired) electrons. The molecule has 3 aromatic rings. The van der Waals surface area contributed by atoms with Crippen LogP contribution < -0.4 is 4.74 Å². The molecule has 37 heavy (non-hydrogen) atoms. The van der Waals surface area contributed by atoms with Crippen LogP contribution in [0.15, 0.2) is 55.1 Å². The van der Waals surface area contributed by atoms with E-state index in [9.17, 15) is 4.79 Å². The number of hydrogen-bond donors (Lipinski definition) is 0. The Morgan fingerprint density at radius 1 is 1.24 bits per heavy atom. The standard InChI is InChI=1S/C27H21Cl2F2N4O2/c1-2-18-13-23-20(15-34(18)26(36)17-7-10-21(28)22(29)12-17)25-27(30,31)24(4-3-11-35(25)33-23)37-19-8-5-16(14-32)6-9-19/h2,5-10,12,24H,1,3-4,11,13,15H2/q+1. The van der Waals surface area contributed by atoms with Crippen molar-refractivity contribution < 1.29 is 22.9 Å². The summed E-state index contributed by atoms with van der Waals surface area (Å²) in [5.74, 6) is -3.53. The fourth-order valence-electron chi connectivity index (χ4n) is 4.75.